The number of aromatic amines is 1. The summed E-state index contributed by atoms with van der Waals surface area (Å²) in [6.07, 6.45) is 5.24. The normalized spacial score (nSPS) is 11.8. The van der Waals surface area contributed by atoms with Gasteiger partial charge in [-0.3, -0.25) is 4.68 Å². The molecule has 0 saturated carbocycles. The van der Waals surface area contributed by atoms with Crippen molar-refractivity contribution in [3.05, 3.63) is 30.5 Å². The van der Waals surface area contributed by atoms with E-state index in [1.54, 1.807) is 19.6 Å². The Labute approximate surface area is 98.9 Å². The number of aryl methyl sites for hydroxylation is 1. The van der Waals surface area contributed by atoms with E-state index in [0.29, 0.717) is 13.0 Å². The summed E-state index contributed by atoms with van der Waals surface area (Å²) in [5.74, 6) is 0. The number of sulfonamides is 1. The van der Waals surface area contributed by atoms with Gasteiger partial charge in [-0.1, -0.05) is 0 Å². The molecule has 17 heavy (non-hydrogen) atoms. The zero-order valence-electron chi connectivity index (χ0n) is 9.29. The van der Waals surface area contributed by atoms with Crippen LogP contribution in [0.25, 0.3) is 0 Å². The fraction of sp³-hybridized carbons (Fsp3) is 0.333. The molecule has 2 N–H and O–H groups in total. The summed E-state index contributed by atoms with van der Waals surface area (Å²) >= 11 is 0. The van der Waals surface area contributed by atoms with Crippen LogP contribution in [-0.2, 0) is 23.5 Å². The molecule has 2 heterocycles. The summed E-state index contributed by atoms with van der Waals surface area (Å²) in [5, 5.41) is 3.98. The molecule has 0 atom stereocenters. The van der Waals surface area contributed by atoms with Crippen LogP contribution in [0.3, 0.4) is 0 Å². The number of aromatic nitrogens is 4. The van der Waals surface area contributed by atoms with Crippen LogP contribution in [0.15, 0.2) is 29.8 Å². The number of H-pyrrole nitrogens is 1. The third-order valence-electron chi connectivity index (χ3n) is 2.29. The van der Waals surface area contributed by atoms with E-state index >= 15 is 0 Å². The van der Waals surface area contributed by atoms with Gasteiger partial charge in [-0.05, 0) is 6.07 Å². The zero-order valence-corrected chi connectivity index (χ0v) is 10.1. The second kappa shape index (κ2) is 4.68. The van der Waals surface area contributed by atoms with Crippen molar-refractivity contribution in [2.24, 2.45) is 7.05 Å². The molecular weight excluding hydrogens is 242 g/mol. The van der Waals surface area contributed by atoms with Crippen molar-refractivity contribution in [1.29, 1.82) is 0 Å². The lowest BCUT2D eigenvalue weighted by Crippen LogP contribution is -2.27. The molecule has 2 aromatic rings. The Morgan fingerprint density at radius 3 is 2.94 bits per heavy atom. The van der Waals surface area contributed by atoms with Gasteiger partial charge in [0.2, 0.25) is 0 Å². The van der Waals surface area contributed by atoms with Crippen LogP contribution < -0.4 is 4.72 Å². The molecule has 0 aliphatic carbocycles. The van der Waals surface area contributed by atoms with Crippen LogP contribution in [0.1, 0.15) is 5.69 Å². The quantitative estimate of drug-likeness (QED) is 0.764. The minimum Gasteiger partial charge on any atom is -0.348 e. The highest BCUT2D eigenvalue weighted by Crippen LogP contribution is 2.05. The lowest BCUT2D eigenvalue weighted by molar-refractivity contribution is 0.563. The predicted octanol–water partition coefficient (Wildman–Crippen LogP) is -0.336. The standard InChI is InChI=1S/C9H13N5O2S/c1-14-9(3-4-12-14)17(15,16)13-5-2-8-6-10-7-11-8/h3-4,6-7,13H,2,5H2,1H3,(H,10,11). The monoisotopic (exact) mass is 255 g/mol. The zero-order chi connectivity index (χ0) is 12.3. The van der Waals surface area contributed by atoms with Crippen molar-refractivity contribution in [3.63, 3.8) is 0 Å². The van der Waals surface area contributed by atoms with Gasteiger partial charge in [0.15, 0.2) is 5.03 Å². The molecule has 7 nitrogen and oxygen atoms in total. The Morgan fingerprint density at radius 1 is 1.53 bits per heavy atom. The molecule has 0 bridgehead atoms. The highest BCUT2D eigenvalue weighted by molar-refractivity contribution is 7.89. The van der Waals surface area contributed by atoms with Gasteiger partial charge in [-0.15, -0.1) is 0 Å². The first-order valence-corrected chi connectivity index (χ1v) is 6.53. The molecule has 2 aromatic heterocycles. The molecule has 92 valence electrons. The Morgan fingerprint density at radius 2 is 2.35 bits per heavy atom. The van der Waals surface area contributed by atoms with Crippen LogP contribution in [-0.4, -0.2) is 34.7 Å². The molecule has 8 heteroatoms. The summed E-state index contributed by atoms with van der Waals surface area (Å²) < 4.78 is 27.5. The summed E-state index contributed by atoms with van der Waals surface area (Å²) in [6.45, 7) is 0.315. The third-order valence-corrected chi connectivity index (χ3v) is 3.83. The second-order valence-corrected chi connectivity index (χ2v) is 5.23. The second-order valence-electron chi connectivity index (χ2n) is 3.52. The number of nitrogens with zero attached hydrogens (tertiary/aromatic N) is 3. The van der Waals surface area contributed by atoms with E-state index in [1.807, 2.05) is 0 Å². The van der Waals surface area contributed by atoms with Gasteiger partial charge >= 0.3 is 0 Å². The fourth-order valence-corrected chi connectivity index (χ4v) is 2.59. The van der Waals surface area contributed by atoms with E-state index in [0.717, 1.165) is 5.69 Å². The van der Waals surface area contributed by atoms with Crippen molar-refractivity contribution in [2.45, 2.75) is 11.4 Å². The van der Waals surface area contributed by atoms with E-state index in [2.05, 4.69) is 19.8 Å². The maximum absolute atomic E-state index is 11.8. The summed E-state index contributed by atoms with van der Waals surface area (Å²) in [5.41, 5.74) is 0.887. The van der Waals surface area contributed by atoms with Gasteiger partial charge in [0.05, 0.1) is 12.5 Å². The van der Waals surface area contributed by atoms with Crippen LogP contribution in [0, 0.1) is 0 Å². The number of hydrogen-bond acceptors (Lipinski definition) is 4. The van der Waals surface area contributed by atoms with Gasteiger partial charge in [0.1, 0.15) is 0 Å². The maximum Gasteiger partial charge on any atom is 0.257 e. The first-order valence-electron chi connectivity index (χ1n) is 5.04. The molecule has 0 spiro atoms. The average Bonchev–Trinajstić information content (AvgIpc) is 2.88. The smallest absolute Gasteiger partial charge is 0.257 e. The molecule has 0 radical (unpaired) electrons. The maximum atomic E-state index is 11.8. The first-order chi connectivity index (χ1) is 8.09. The van der Waals surface area contributed by atoms with Crippen LogP contribution >= 0.6 is 0 Å². The van der Waals surface area contributed by atoms with E-state index < -0.39 is 10.0 Å². The molecule has 0 saturated heterocycles. The number of nitrogens with one attached hydrogen (secondary N) is 2. The SMILES string of the molecule is Cn1nccc1S(=O)(=O)NCCc1cnc[nH]1. The Hall–Kier alpha value is -1.67. The van der Waals surface area contributed by atoms with Crippen molar-refractivity contribution >= 4 is 10.0 Å². The van der Waals surface area contributed by atoms with E-state index in [4.69, 9.17) is 0 Å². The number of hydrogen-bond donors (Lipinski definition) is 2. The minimum absolute atomic E-state index is 0.155. The number of rotatable bonds is 5. The van der Waals surface area contributed by atoms with Gasteiger partial charge in [0, 0.05) is 31.9 Å². The van der Waals surface area contributed by atoms with Gasteiger partial charge in [-0.2, -0.15) is 5.10 Å². The van der Waals surface area contributed by atoms with Gasteiger partial charge in [-0.25, -0.2) is 18.1 Å². The van der Waals surface area contributed by atoms with E-state index in [1.165, 1.54) is 16.9 Å². The van der Waals surface area contributed by atoms with Crippen LogP contribution in [0.5, 0.6) is 0 Å². The van der Waals surface area contributed by atoms with E-state index in [-0.39, 0.29) is 5.03 Å². The molecule has 0 aliphatic heterocycles. The summed E-state index contributed by atoms with van der Waals surface area (Å²) in [6, 6.07) is 1.46. The third kappa shape index (κ3) is 2.71. The lowest BCUT2D eigenvalue weighted by atomic mass is 10.3. The highest BCUT2D eigenvalue weighted by atomic mass is 32.2. The minimum atomic E-state index is -3.48. The van der Waals surface area contributed by atoms with Crippen LogP contribution in [0.2, 0.25) is 0 Å². The Bertz CT molecular complexity index is 572. The molecule has 0 unspecified atom stereocenters. The first kappa shape index (κ1) is 11.8. The molecule has 0 aliphatic rings. The topological polar surface area (TPSA) is 92.7 Å². The summed E-state index contributed by atoms with van der Waals surface area (Å²) in [7, 11) is -1.90. The predicted molar refractivity (Wildman–Crippen MR) is 60.7 cm³/mol. The molecule has 0 aromatic carbocycles. The fourth-order valence-electron chi connectivity index (χ4n) is 1.44. The lowest BCUT2D eigenvalue weighted by Gasteiger charge is -2.05. The summed E-state index contributed by atoms with van der Waals surface area (Å²) in [4.78, 5) is 6.76. The average molecular weight is 255 g/mol. The number of imidazole rings is 1. The Kier molecular flexibility index (Phi) is 3.25. The highest BCUT2D eigenvalue weighted by Gasteiger charge is 2.16. The van der Waals surface area contributed by atoms with Crippen molar-refractivity contribution in [1.82, 2.24) is 24.5 Å². The van der Waals surface area contributed by atoms with Crippen molar-refractivity contribution in [3.8, 4) is 0 Å². The Balaban J connectivity index is 1.97. The van der Waals surface area contributed by atoms with Gasteiger partial charge < -0.3 is 4.98 Å². The molecular formula is C9H13N5O2S. The largest absolute Gasteiger partial charge is 0.348 e. The van der Waals surface area contributed by atoms with Gasteiger partial charge in [0.25, 0.3) is 10.0 Å². The van der Waals surface area contributed by atoms with Crippen molar-refractivity contribution < 1.29 is 8.42 Å². The van der Waals surface area contributed by atoms with E-state index in [9.17, 15) is 8.42 Å². The molecule has 0 fully saturated rings. The van der Waals surface area contributed by atoms with Crippen LogP contribution in [0.4, 0.5) is 0 Å². The molecule has 0 amide bonds. The van der Waals surface area contributed by atoms with Crippen molar-refractivity contribution in [2.75, 3.05) is 6.54 Å². The molecule has 2 rings (SSSR count).